The molecule has 0 spiro atoms. The summed E-state index contributed by atoms with van der Waals surface area (Å²) in [5, 5.41) is 3.43. The van der Waals surface area contributed by atoms with Gasteiger partial charge in [-0.15, -0.1) is 0 Å². The third-order valence-corrected chi connectivity index (χ3v) is 3.32. The van der Waals surface area contributed by atoms with E-state index in [9.17, 15) is 4.79 Å². The lowest BCUT2D eigenvalue weighted by Crippen LogP contribution is -2.32. The van der Waals surface area contributed by atoms with E-state index in [1.165, 1.54) is 6.42 Å². The Bertz CT molecular complexity index is 244. The van der Waals surface area contributed by atoms with Crippen LogP contribution in [0.4, 0.5) is 0 Å². The van der Waals surface area contributed by atoms with Gasteiger partial charge in [-0.25, -0.2) is 0 Å². The minimum atomic E-state index is -0.137. The Kier molecular flexibility index (Phi) is 3.26. The van der Waals surface area contributed by atoms with E-state index in [1.807, 2.05) is 6.92 Å². The molecule has 4 atom stereocenters. The summed E-state index contributed by atoms with van der Waals surface area (Å²) in [5.74, 6) is 0.0160. The van der Waals surface area contributed by atoms with Crippen LogP contribution in [0.2, 0.25) is 0 Å². The van der Waals surface area contributed by atoms with Crippen LogP contribution in [0.25, 0.3) is 0 Å². The molecule has 0 aliphatic carbocycles. The Hall–Kier alpha value is -0.610. The molecular weight excluding hydrogens is 194 g/mol. The van der Waals surface area contributed by atoms with Crippen LogP contribution in [0, 0.1) is 5.92 Å². The quantitative estimate of drug-likeness (QED) is 0.698. The van der Waals surface area contributed by atoms with Gasteiger partial charge >= 0.3 is 5.97 Å². The molecule has 2 aliphatic rings. The molecule has 0 amide bonds. The van der Waals surface area contributed by atoms with Crippen molar-refractivity contribution in [1.29, 1.82) is 0 Å². The van der Waals surface area contributed by atoms with E-state index in [1.54, 1.807) is 7.11 Å². The lowest BCUT2D eigenvalue weighted by Gasteiger charge is -2.21. The normalized spacial score (nSPS) is 35.5. The summed E-state index contributed by atoms with van der Waals surface area (Å²) >= 11 is 0. The molecule has 2 saturated heterocycles. The van der Waals surface area contributed by atoms with E-state index in [4.69, 9.17) is 9.47 Å². The summed E-state index contributed by atoms with van der Waals surface area (Å²) < 4.78 is 10.3. The molecule has 2 fully saturated rings. The van der Waals surface area contributed by atoms with E-state index in [0.29, 0.717) is 18.7 Å². The van der Waals surface area contributed by atoms with Crippen molar-refractivity contribution in [3.05, 3.63) is 0 Å². The van der Waals surface area contributed by atoms with E-state index in [-0.39, 0.29) is 18.0 Å². The Morgan fingerprint density at radius 2 is 2.33 bits per heavy atom. The number of ether oxygens (including phenoxy) is 2. The van der Waals surface area contributed by atoms with Crippen molar-refractivity contribution in [2.45, 2.75) is 44.4 Å². The first kappa shape index (κ1) is 10.9. The zero-order valence-corrected chi connectivity index (χ0v) is 9.36. The van der Waals surface area contributed by atoms with Gasteiger partial charge in [0, 0.05) is 19.2 Å². The fraction of sp³-hybridized carbons (Fsp3) is 0.909. The van der Waals surface area contributed by atoms with Gasteiger partial charge in [0.05, 0.1) is 12.5 Å². The molecule has 2 rings (SSSR count). The minimum Gasteiger partial charge on any atom is -0.460 e. The molecular formula is C11H19NO3. The summed E-state index contributed by atoms with van der Waals surface area (Å²) in [7, 11) is 1.61. The van der Waals surface area contributed by atoms with E-state index in [0.717, 1.165) is 12.8 Å². The molecule has 0 aromatic carbocycles. The summed E-state index contributed by atoms with van der Waals surface area (Å²) in [6.07, 6.45) is 3.13. The van der Waals surface area contributed by atoms with Crippen LogP contribution in [0.15, 0.2) is 0 Å². The summed E-state index contributed by atoms with van der Waals surface area (Å²) in [6.45, 7) is 2.34. The first-order valence-electron chi connectivity index (χ1n) is 5.66. The second kappa shape index (κ2) is 4.49. The van der Waals surface area contributed by atoms with Crippen LogP contribution in [0.5, 0.6) is 0 Å². The van der Waals surface area contributed by atoms with Crippen LogP contribution in [-0.2, 0) is 14.3 Å². The Balaban J connectivity index is 1.81. The Morgan fingerprint density at radius 3 is 2.87 bits per heavy atom. The highest BCUT2D eigenvalue weighted by Gasteiger charge is 2.43. The van der Waals surface area contributed by atoms with Crippen molar-refractivity contribution in [2.24, 2.45) is 5.92 Å². The third kappa shape index (κ3) is 2.32. The van der Waals surface area contributed by atoms with Crippen molar-refractivity contribution < 1.29 is 14.3 Å². The van der Waals surface area contributed by atoms with Crippen LogP contribution < -0.4 is 5.32 Å². The molecule has 4 unspecified atom stereocenters. The van der Waals surface area contributed by atoms with E-state index >= 15 is 0 Å². The second-order valence-electron chi connectivity index (χ2n) is 4.59. The average molecular weight is 213 g/mol. The molecule has 2 aliphatic heterocycles. The molecule has 0 aromatic rings. The maximum absolute atomic E-state index is 11.8. The largest absolute Gasteiger partial charge is 0.460 e. The molecule has 4 heteroatoms. The molecule has 2 bridgehead atoms. The molecule has 1 N–H and O–H groups in total. The molecule has 4 nitrogen and oxygen atoms in total. The zero-order valence-electron chi connectivity index (χ0n) is 9.36. The van der Waals surface area contributed by atoms with Crippen LogP contribution >= 0.6 is 0 Å². The fourth-order valence-corrected chi connectivity index (χ4v) is 2.64. The van der Waals surface area contributed by atoms with Gasteiger partial charge in [-0.05, 0) is 26.2 Å². The van der Waals surface area contributed by atoms with Gasteiger partial charge < -0.3 is 14.8 Å². The predicted molar refractivity (Wildman–Crippen MR) is 55.5 cm³/mol. The van der Waals surface area contributed by atoms with Crippen molar-refractivity contribution in [3.8, 4) is 0 Å². The topological polar surface area (TPSA) is 47.6 Å². The Morgan fingerprint density at radius 1 is 1.53 bits per heavy atom. The lowest BCUT2D eigenvalue weighted by atomic mass is 9.89. The standard InChI is InChI=1S/C11H19NO3/c1-7(6-14-2)15-11(13)9-5-8-3-4-10(9)12-8/h7-10,12H,3-6H2,1-2H3. The molecule has 86 valence electrons. The number of carbonyl (C=O) groups is 1. The number of carbonyl (C=O) groups excluding carboxylic acids is 1. The van der Waals surface area contributed by atoms with Gasteiger partial charge in [-0.2, -0.15) is 0 Å². The molecule has 0 radical (unpaired) electrons. The number of hydrogen-bond acceptors (Lipinski definition) is 4. The highest BCUT2D eigenvalue weighted by atomic mass is 16.6. The van der Waals surface area contributed by atoms with Crippen LogP contribution in [0.1, 0.15) is 26.2 Å². The van der Waals surface area contributed by atoms with Gasteiger partial charge in [0.2, 0.25) is 0 Å². The lowest BCUT2D eigenvalue weighted by molar-refractivity contribution is -0.156. The van der Waals surface area contributed by atoms with E-state index < -0.39 is 0 Å². The maximum Gasteiger partial charge on any atom is 0.310 e. The van der Waals surface area contributed by atoms with E-state index in [2.05, 4.69) is 5.32 Å². The smallest absolute Gasteiger partial charge is 0.310 e. The molecule has 0 aromatic heterocycles. The zero-order chi connectivity index (χ0) is 10.8. The van der Waals surface area contributed by atoms with Crippen LogP contribution in [0.3, 0.4) is 0 Å². The monoisotopic (exact) mass is 213 g/mol. The number of methoxy groups -OCH3 is 1. The summed E-state index contributed by atoms with van der Waals surface area (Å²) in [5.41, 5.74) is 0. The molecule has 0 saturated carbocycles. The van der Waals surface area contributed by atoms with Crippen molar-refractivity contribution in [2.75, 3.05) is 13.7 Å². The van der Waals surface area contributed by atoms with Gasteiger partial charge in [0.15, 0.2) is 0 Å². The van der Waals surface area contributed by atoms with Gasteiger partial charge in [-0.1, -0.05) is 0 Å². The number of fused-ring (bicyclic) bond motifs is 2. The van der Waals surface area contributed by atoms with Crippen molar-refractivity contribution in [1.82, 2.24) is 5.32 Å². The fourth-order valence-electron chi connectivity index (χ4n) is 2.64. The number of rotatable bonds is 4. The SMILES string of the molecule is COCC(C)OC(=O)C1CC2CCC1N2. The number of esters is 1. The summed E-state index contributed by atoms with van der Waals surface area (Å²) in [6, 6.07) is 0.905. The number of hydrogen-bond donors (Lipinski definition) is 1. The first-order valence-corrected chi connectivity index (χ1v) is 5.66. The van der Waals surface area contributed by atoms with Gasteiger partial charge in [0.1, 0.15) is 6.10 Å². The third-order valence-electron chi connectivity index (χ3n) is 3.32. The van der Waals surface area contributed by atoms with Gasteiger partial charge in [0.25, 0.3) is 0 Å². The van der Waals surface area contributed by atoms with Crippen molar-refractivity contribution in [3.63, 3.8) is 0 Å². The maximum atomic E-state index is 11.8. The first-order chi connectivity index (χ1) is 7.20. The number of nitrogens with one attached hydrogen (secondary N) is 1. The predicted octanol–water partition coefficient (Wildman–Crippen LogP) is 0.705. The minimum absolute atomic E-state index is 0.0562. The molecule has 2 heterocycles. The highest BCUT2D eigenvalue weighted by Crippen LogP contribution is 2.34. The Labute approximate surface area is 90.3 Å². The second-order valence-corrected chi connectivity index (χ2v) is 4.59. The van der Waals surface area contributed by atoms with Crippen molar-refractivity contribution >= 4 is 5.97 Å². The summed E-state index contributed by atoms with van der Waals surface area (Å²) in [4.78, 5) is 11.8. The van der Waals surface area contributed by atoms with Gasteiger partial charge in [-0.3, -0.25) is 4.79 Å². The molecule has 15 heavy (non-hydrogen) atoms. The average Bonchev–Trinajstić information content (AvgIpc) is 2.78. The van der Waals surface area contributed by atoms with Crippen LogP contribution in [-0.4, -0.2) is 37.9 Å². The highest BCUT2D eigenvalue weighted by molar-refractivity contribution is 5.74.